The van der Waals surface area contributed by atoms with Gasteiger partial charge in [0.05, 0.1) is 12.7 Å². The summed E-state index contributed by atoms with van der Waals surface area (Å²) < 4.78 is 8.07. The number of hydrogen-bond donors (Lipinski definition) is 2. The van der Waals surface area contributed by atoms with Crippen LogP contribution in [0.15, 0.2) is 45.3 Å². The summed E-state index contributed by atoms with van der Waals surface area (Å²) in [6, 6.07) is 12.3. The standard InChI is InChI=1S/C17H14Br2O3/c18-9-1-3-11-12-4-2-10(19)6-14(12)17(13(11)5-9)7-15(20)16(21)8-22-17/h1-6,15-16,20-21H,7-8H2/t15-,16+/m0/s1. The van der Waals surface area contributed by atoms with Gasteiger partial charge in [0.15, 0.2) is 0 Å². The first-order valence-electron chi connectivity index (χ1n) is 7.12. The molecule has 1 heterocycles. The molecular weight excluding hydrogens is 412 g/mol. The minimum absolute atomic E-state index is 0.124. The lowest BCUT2D eigenvalue weighted by molar-refractivity contribution is -0.157. The van der Waals surface area contributed by atoms with Gasteiger partial charge in [0.2, 0.25) is 0 Å². The summed E-state index contributed by atoms with van der Waals surface area (Å²) in [4.78, 5) is 0. The maximum atomic E-state index is 10.2. The van der Waals surface area contributed by atoms with Crippen LogP contribution in [0.4, 0.5) is 0 Å². The van der Waals surface area contributed by atoms with Crippen LogP contribution in [0.1, 0.15) is 17.5 Å². The molecule has 22 heavy (non-hydrogen) atoms. The van der Waals surface area contributed by atoms with Crippen molar-refractivity contribution in [3.63, 3.8) is 0 Å². The Kier molecular flexibility index (Phi) is 3.47. The molecule has 0 aromatic heterocycles. The highest BCUT2D eigenvalue weighted by Gasteiger charge is 2.49. The summed E-state index contributed by atoms with van der Waals surface area (Å²) in [7, 11) is 0. The molecule has 2 aliphatic rings. The minimum Gasteiger partial charge on any atom is -0.390 e. The monoisotopic (exact) mass is 424 g/mol. The van der Waals surface area contributed by atoms with Gasteiger partial charge in [-0.2, -0.15) is 0 Å². The van der Waals surface area contributed by atoms with Crippen molar-refractivity contribution >= 4 is 31.9 Å². The van der Waals surface area contributed by atoms with E-state index in [0.717, 1.165) is 31.2 Å². The second-order valence-corrected chi connectivity index (χ2v) is 7.69. The van der Waals surface area contributed by atoms with Crippen molar-refractivity contribution in [2.75, 3.05) is 6.61 Å². The summed E-state index contributed by atoms with van der Waals surface area (Å²) in [6.07, 6.45) is -1.29. The molecule has 3 nitrogen and oxygen atoms in total. The summed E-state index contributed by atoms with van der Waals surface area (Å²) in [5.41, 5.74) is 3.63. The number of hydrogen-bond acceptors (Lipinski definition) is 3. The second kappa shape index (κ2) is 5.14. The lowest BCUT2D eigenvalue weighted by atomic mass is 9.82. The molecule has 1 aliphatic heterocycles. The number of ether oxygens (including phenoxy) is 1. The highest BCUT2D eigenvalue weighted by molar-refractivity contribution is 9.10. The van der Waals surface area contributed by atoms with E-state index in [1.165, 1.54) is 0 Å². The molecule has 1 aliphatic carbocycles. The molecule has 2 aromatic rings. The molecule has 0 bridgehead atoms. The highest BCUT2D eigenvalue weighted by Crippen LogP contribution is 2.54. The van der Waals surface area contributed by atoms with Crippen LogP contribution in [0.2, 0.25) is 0 Å². The molecule has 0 unspecified atom stereocenters. The van der Waals surface area contributed by atoms with Gasteiger partial charge in [0, 0.05) is 15.4 Å². The van der Waals surface area contributed by atoms with Gasteiger partial charge in [-0.25, -0.2) is 0 Å². The molecule has 0 radical (unpaired) electrons. The van der Waals surface area contributed by atoms with E-state index < -0.39 is 17.8 Å². The van der Waals surface area contributed by atoms with Crippen molar-refractivity contribution < 1.29 is 14.9 Å². The van der Waals surface area contributed by atoms with Crippen molar-refractivity contribution in [2.45, 2.75) is 24.2 Å². The van der Waals surface area contributed by atoms with Crippen LogP contribution >= 0.6 is 31.9 Å². The summed E-state index contributed by atoms with van der Waals surface area (Å²) in [5.74, 6) is 0. The van der Waals surface area contributed by atoms with Gasteiger partial charge in [0.1, 0.15) is 11.7 Å². The first kappa shape index (κ1) is 14.8. The average Bonchev–Trinajstić information content (AvgIpc) is 2.73. The molecule has 114 valence electrons. The van der Waals surface area contributed by atoms with Crippen LogP contribution in [-0.4, -0.2) is 29.0 Å². The molecule has 2 aromatic carbocycles. The van der Waals surface area contributed by atoms with Gasteiger partial charge in [-0.05, 0) is 46.5 Å². The van der Waals surface area contributed by atoms with Crippen LogP contribution in [0.3, 0.4) is 0 Å². The third-order valence-corrected chi connectivity index (χ3v) is 5.55. The highest BCUT2D eigenvalue weighted by atomic mass is 79.9. The van der Waals surface area contributed by atoms with Crippen LogP contribution < -0.4 is 0 Å². The molecule has 4 rings (SSSR count). The molecule has 1 saturated heterocycles. The SMILES string of the molecule is O[C@@H]1COC2(C[C@@H]1O)c1cc(Br)ccc1-c1ccc(Br)cc12. The lowest BCUT2D eigenvalue weighted by Gasteiger charge is -2.40. The Labute approximate surface area is 145 Å². The van der Waals surface area contributed by atoms with Crippen molar-refractivity contribution in [1.82, 2.24) is 0 Å². The minimum atomic E-state index is -0.836. The Hall–Kier alpha value is -0.720. The maximum absolute atomic E-state index is 10.2. The van der Waals surface area contributed by atoms with Gasteiger partial charge in [0.25, 0.3) is 0 Å². The maximum Gasteiger partial charge on any atom is 0.122 e. The molecule has 0 amide bonds. The normalized spacial score (nSPS) is 25.1. The van der Waals surface area contributed by atoms with Crippen LogP contribution in [0.5, 0.6) is 0 Å². The van der Waals surface area contributed by atoms with E-state index in [0.29, 0.717) is 6.42 Å². The number of fused-ring (bicyclic) bond motifs is 5. The van der Waals surface area contributed by atoms with E-state index in [-0.39, 0.29) is 6.61 Å². The number of aliphatic hydroxyl groups is 2. The van der Waals surface area contributed by atoms with Crippen LogP contribution in [-0.2, 0) is 10.3 Å². The summed E-state index contributed by atoms with van der Waals surface area (Å²) in [6.45, 7) is 0.124. The fourth-order valence-corrected chi connectivity index (χ4v) is 4.24. The quantitative estimate of drug-likeness (QED) is 0.678. The number of halogens is 2. The fourth-order valence-electron chi connectivity index (χ4n) is 3.52. The van der Waals surface area contributed by atoms with Gasteiger partial charge < -0.3 is 14.9 Å². The number of rotatable bonds is 0. The summed E-state index contributed by atoms with van der Waals surface area (Å²) in [5, 5.41) is 20.1. The predicted molar refractivity (Wildman–Crippen MR) is 90.6 cm³/mol. The smallest absolute Gasteiger partial charge is 0.122 e. The zero-order valence-electron chi connectivity index (χ0n) is 11.6. The van der Waals surface area contributed by atoms with E-state index in [9.17, 15) is 10.2 Å². The molecule has 2 atom stereocenters. The van der Waals surface area contributed by atoms with Crippen molar-refractivity contribution in [3.05, 3.63) is 56.5 Å². The average molecular weight is 426 g/mol. The molecule has 1 spiro atoms. The number of aliphatic hydroxyl groups excluding tert-OH is 2. The van der Waals surface area contributed by atoms with Gasteiger partial charge >= 0.3 is 0 Å². The second-order valence-electron chi connectivity index (χ2n) is 5.86. The van der Waals surface area contributed by atoms with Crippen molar-refractivity contribution in [3.8, 4) is 11.1 Å². The topological polar surface area (TPSA) is 49.7 Å². The summed E-state index contributed by atoms with van der Waals surface area (Å²) >= 11 is 7.05. The van der Waals surface area contributed by atoms with E-state index >= 15 is 0 Å². The van der Waals surface area contributed by atoms with Crippen molar-refractivity contribution in [2.24, 2.45) is 0 Å². The van der Waals surface area contributed by atoms with E-state index in [4.69, 9.17) is 4.74 Å². The van der Waals surface area contributed by atoms with E-state index in [1.54, 1.807) is 0 Å². The largest absolute Gasteiger partial charge is 0.390 e. The van der Waals surface area contributed by atoms with Gasteiger partial charge in [-0.1, -0.05) is 44.0 Å². The molecule has 5 heteroatoms. The first-order chi connectivity index (χ1) is 10.5. The van der Waals surface area contributed by atoms with Crippen LogP contribution in [0, 0.1) is 0 Å². The van der Waals surface area contributed by atoms with E-state index in [2.05, 4.69) is 44.0 Å². The third kappa shape index (κ3) is 2.03. The fraction of sp³-hybridized carbons (Fsp3) is 0.294. The third-order valence-electron chi connectivity index (χ3n) is 4.56. The Morgan fingerprint density at radius 2 is 1.45 bits per heavy atom. The Balaban J connectivity index is 1.98. The van der Waals surface area contributed by atoms with E-state index in [1.807, 2.05) is 24.3 Å². The van der Waals surface area contributed by atoms with Gasteiger partial charge in [-0.15, -0.1) is 0 Å². The Bertz CT molecular complexity index is 708. The van der Waals surface area contributed by atoms with Crippen molar-refractivity contribution in [1.29, 1.82) is 0 Å². The Morgan fingerprint density at radius 1 is 0.909 bits per heavy atom. The molecule has 0 saturated carbocycles. The molecule has 1 fully saturated rings. The zero-order chi connectivity index (χ0) is 15.5. The predicted octanol–water partition coefficient (Wildman–Crippen LogP) is 3.58. The molecular formula is C17H14Br2O3. The lowest BCUT2D eigenvalue weighted by Crippen LogP contribution is -2.47. The zero-order valence-corrected chi connectivity index (χ0v) is 14.8. The Morgan fingerprint density at radius 3 is 1.95 bits per heavy atom. The van der Waals surface area contributed by atoms with Crippen LogP contribution in [0.25, 0.3) is 11.1 Å². The first-order valence-corrected chi connectivity index (χ1v) is 8.70. The molecule has 2 N–H and O–H groups in total. The van der Waals surface area contributed by atoms with Gasteiger partial charge in [-0.3, -0.25) is 0 Å². The number of benzene rings is 2.